The highest BCUT2D eigenvalue weighted by atomic mass is 32.2. The van der Waals surface area contributed by atoms with Crippen LogP contribution in [-0.4, -0.2) is 44.2 Å². The Kier molecular flexibility index (Phi) is 7.82. The summed E-state index contributed by atoms with van der Waals surface area (Å²) in [6.45, 7) is 1.30. The number of alkyl halides is 3. The van der Waals surface area contributed by atoms with Crippen molar-refractivity contribution in [3.8, 4) is 5.75 Å². The van der Waals surface area contributed by atoms with Gasteiger partial charge in [-0.25, -0.2) is 8.42 Å². The zero-order valence-corrected chi connectivity index (χ0v) is 19.1. The topological polar surface area (TPSA) is 105 Å². The SMILES string of the molecule is Cc1cccc(OCC(=O)NNC(=O)C2CCN(S(=O)(=O)c3ccccc3C(F)(F)F)CC2)c1. The van der Waals surface area contributed by atoms with Gasteiger partial charge < -0.3 is 4.74 Å². The molecule has 2 N–H and O–H groups in total. The summed E-state index contributed by atoms with van der Waals surface area (Å²) in [4.78, 5) is 23.4. The summed E-state index contributed by atoms with van der Waals surface area (Å²) in [7, 11) is -4.39. The van der Waals surface area contributed by atoms with Crippen molar-refractivity contribution in [3.63, 3.8) is 0 Å². The number of sulfonamides is 1. The fourth-order valence-corrected chi connectivity index (χ4v) is 5.23. The second-order valence-corrected chi connectivity index (χ2v) is 9.72. The Morgan fingerprint density at radius 1 is 1.06 bits per heavy atom. The number of ether oxygens (including phenoxy) is 1. The first kappa shape index (κ1) is 25.5. The van der Waals surface area contributed by atoms with E-state index in [9.17, 15) is 31.2 Å². The molecular weight excluding hydrogens is 475 g/mol. The van der Waals surface area contributed by atoms with Gasteiger partial charge in [0.2, 0.25) is 15.9 Å². The lowest BCUT2D eigenvalue weighted by molar-refractivity contribution is -0.140. The van der Waals surface area contributed by atoms with Gasteiger partial charge in [-0.1, -0.05) is 24.3 Å². The fraction of sp³-hybridized carbons (Fsp3) is 0.364. The number of benzene rings is 2. The summed E-state index contributed by atoms with van der Waals surface area (Å²) >= 11 is 0. The number of piperidine rings is 1. The number of aryl methyl sites for hydroxylation is 1. The summed E-state index contributed by atoms with van der Waals surface area (Å²) in [6.07, 6.45) is -4.63. The van der Waals surface area contributed by atoms with Gasteiger partial charge in [-0.2, -0.15) is 17.5 Å². The standard InChI is InChI=1S/C22H24F3N3O5S/c1-15-5-4-6-17(13-15)33-14-20(29)26-27-21(30)16-9-11-28(12-10-16)34(31,32)19-8-3-2-7-18(19)22(23,24)25/h2-8,13,16H,9-12,14H2,1H3,(H,26,29)(H,27,30). The van der Waals surface area contributed by atoms with Crippen LogP contribution in [0.5, 0.6) is 5.75 Å². The van der Waals surface area contributed by atoms with Crippen molar-refractivity contribution in [2.24, 2.45) is 5.92 Å². The van der Waals surface area contributed by atoms with Crippen LogP contribution >= 0.6 is 0 Å². The van der Waals surface area contributed by atoms with Gasteiger partial charge in [0.15, 0.2) is 6.61 Å². The van der Waals surface area contributed by atoms with Crippen molar-refractivity contribution in [2.45, 2.75) is 30.8 Å². The van der Waals surface area contributed by atoms with E-state index in [0.29, 0.717) is 5.75 Å². The quantitative estimate of drug-likeness (QED) is 0.595. The summed E-state index contributed by atoms with van der Waals surface area (Å²) in [5, 5.41) is 0. The lowest BCUT2D eigenvalue weighted by Gasteiger charge is -2.31. The smallest absolute Gasteiger partial charge is 0.417 e. The van der Waals surface area contributed by atoms with Gasteiger partial charge in [0.05, 0.1) is 10.5 Å². The number of rotatable bonds is 6. The molecule has 12 heteroatoms. The van der Waals surface area contributed by atoms with E-state index in [4.69, 9.17) is 4.74 Å². The zero-order valence-electron chi connectivity index (χ0n) is 18.3. The molecule has 1 heterocycles. The monoisotopic (exact) mass is 499 g/mol. The third kappa shape index (κ3) is 6.26. The van der Waals surface area contributed by atoms with E-state index in [1.165, 1.54) is 6.07 Å². The maximum absolute atomic E-state index is 13.3. The van der Waals surface area contributed by atoms with Crippen molar-refractivity contribution in [2.75, 3.05) is 19.7 Å². The average molecular weight is 500 g/mol. The molecule has 1 fully saturated rings. The maximum Gasteiger partial charge on any atom is 0.417 e. The minimum atomic E-state index is -4.82. The van der Waals surface area contributed by atoms with Gasteiger partial charge in [0.1, 0.15) is 5.75 Å². The van der Waals surface area contributed by atoms with Crippen LogP contribution in [0.25, 0.3) is 0 Å². The van der Waals surface area contributed by atoms with Crippen LogP contribution in [-0.2, 0) is 25.8 Å². The maximum atomic E-state index is 13.3. The van der Waals surface area contributed by atoms with Crippen molar-refractivity contribution >= 4 is 21.8 Å². The highest BCUT2D eigenvalue weighted by molar-refractivity contribution is 7.89. The van der Waals surface area contributed by atoms with Crippen LogP contribution in [0.4, 0.5) is 13.2 Å². The molecular formula is C22H24F3N3O5S. The first-order valence-electron chi connectivity index (χ1n) is 10.4. The number of hydrogen-bond acceptors (Lipinski definition) is 5. The highest BCUT2D eigenvalue weighted by Crippen LogP contribution is 2.36. The number of nitrogens with one attached hydrogen (secondary N) is 2. The third-order valence-corrected chi connectivity index (χ3v) is 7.28. The number of amides is 2. The molecule has 2 aromatic rings. The number of hydrogen-bond donors (Lipinski definition) is 2. The molecule has 2 amide bonds. The molecule has 8 nitrogen and oxygen atoms in total. The molecule has 0 atom stereocenters. The number of halogens is 3. The Hall–Kier alpha value is -3.12. The van der Waals surface area contributed by atoms with E-state index in [1.807, 2.05) is 13.0 Å². The van der Waals surface area contributed by atoms with E-state index < -0.39 is 44.4 Å². The van der Waals surface area contributed by atoms with Gasteiger partial charge in [-0.05, 0) is 49.6 Å². The molecule has 0 radical (unpaired) electrons. The molecule has 0 aromatic heterocycles. The Morgan fingerprint density at radius 3 is 2.38 bits per heavy atom. The molecule has 184 valence electrons. The lowest BCUT2D eigenvalue weighted by Crippen LogP contribution is -2.49. The largest absolute Gasteiger partial charge is 0.484 e. The van der Waals surface area contributed by atoms with Gasteiger partial charge in [0, 0.05) is 19.0 Å². The molecule has 0 unspecified atom stereocenters. The van der Waals surface area contributed by atoms with Crippen LogP contribution < -0.4 is 15.6 Å². The van der Waals surface area contributed by atoms with Gasteiger partial charge in [0.25, 0.3) is 5.91 Å². The molecule has 0 saturated carbocycles. The normalized spacial score (nSPS) is 15.5. The average Bonchev–Trinajstić information content (AvgIpc) is 2.81. The molecule has 1 saturated heterocycles. The Balaban J connectivity index is 1.50. The summed E-state index contributed by atoms with van der Waals surface area (Å²) in [5.41, 5.74) is 4.24. The van der Waals surface area contributed by atoms with E-state index in [2.05, 4.69) is 10.9 Å². The summed E-state index contributed by atoms with van der Waals surface area (Å²) in [5.74, 6) is -1.21. The molecule has 34 heavy (non-hydrogen) atoms. The molecule has 0 spiro atoms. The predicted octanol–water partition coefficient (Wildman–Crippen LogP) is 2.64. The fourth-order valence-electron chi connectivity index (χ4n) is 3.55. The van der Waals surface area contributed by atoms with Crippen molar-refractivity contribution < 1.29 is 35.9 Å². The van der Waals surface area contributed by atoms with E-state index in [1.54, 1.807) is 18.2 Å². The van der Waals surface area contributed by atoms with E-state index >= 15 is 0 Å². The first-order valence-corrected chi connectivity index (χ1v) is 11.9. The van der Waals surface area contributed by atoms with Gasteiger partial charge >= 0.3 is 6.18 Å². The predicted molar refractivity (Wildman–Crippen MR) is 116 cm³/mol. The summed E-state index contributed by atoms with van der Waals surface area (Å²) < 4.78 is 71.7. The Labute approximate surface area is 195 Å². The van der Waals surface area contributed by atoms with Crippen molar-refractivity contribution in [3.05, 3.63) is 59.7 Å². The molecule has 3 rings (SSSR count). The first-order chi connectivity index (χ1) is 16.0. The van der Waals surface area contributed by atoms with Crippen molar-refractivity contribution in [1.29, 1.82) is 0 Å². The van der Waals surface area contributed by atoms with Crippen LogP contribution in [0, 0.1) is 12.8 Å². The minimum absolute atomic E-state index is 0.0922. The molecule has 1 aliphatic rings. The molecule has 0 bridgehead atoms. The minimum Gasteiger partial charge on any atom is -0.484 e. The zero-order chi connectivity index (χ0) is 24.9. The summed E-state index contributed by atoms with van der Waals surface area (Å²) in [6, 6.07) is 11.1. The van der Waals surface area contributed by atoms with Crippen LogP contribution in [0.1, 0.15) is 24.0 Å². The van der Waals surface area contributed by atoms with Crippen molar-refractivity contribution in [1.82, 2.24) is 15.2 Å². The number of carbonyl (C=O) groups excluding carboxylic acids is 2. The molecule has 2 aromatic carbocycles. The van der Waals surface area contributed by atoms with Crippen LogP contribution in [0.2, 0.25) is 0 Å². The van der Waals surface area contributed by atoms with E-state index in [0.717, 1.165) is 28.1 Å². The second kappa shape index (κ2) is 10.4. The molecule has 1 aliphatic heterocycles. The van der Waals surface area contributed by atoms with Crippen LogP contribution in [0.3, 0.4) is 0 Å². The Morgan fingerprint density at radius 2 is 1.74 bits per heavy atom. The Bertz CT molecular complexity index is 1150. The third-order valence-electron chi connectivity index (χ3n) is 5.32. The molecule has 0 aliphatic carbocycles. The number of carbonyl (C=O) groups is 2. The lowest BCUT2D eigenvalue weighted by atomic mass is 9.98. The number of nitrogens with zero attached hydrogens (tertiary/aromatic N) is 1. The number of hydrazine groups is 1. The highest BCUT2D eigenvalue weighted by Gasteiger charge is 2.40. The second-order valence-electron chi connectivity index (χ2n) is 7.81. The van der Waals surface area contributed by atoms with Gasteiger partial charge in [-0.15, -0.1) is 0 Å². The van der Waals surface area contributed by atoms with Gasteiger partial charge in [-0.3, -0.25) is 20.4 Å². The van der Waals surface area contributed by atoms with Crippen LogP contribution in [0.15, 0.2) is 53.4 Å². The van der Waals surface area contributed by atoms with E-state index in [-0.39, 0.29) is 32.5 Å².